The first-order chi connectivity index (χ1) is 17.6. The van der Waals surface area contributed by atoms with Crippen molar-refractivity contribution in [1.82, 2.24) is 0 Å². The monoisotopic (exact) mass is 474 g/mol. The van der Waals surface area contributed by atoms with Gasteiger partial charge in [-0.1, -0.05) is 135 Å². The maximum absolute atomic E-state index is 2.56. The Kier molecular flexibility index (Phi) is 9.56. The number of hydrogen-bond acceptors (Lipinski definition) is 0. The highest BCUT2D eigenvalue weighted by Gasteiger charge is 2.36. The van der Waals surface area contributed by atoms with Crippen molar-refractivity contribution in [3.8, 4) is 0 Å². The summed E-state index contributed by atoms with van der Waals surface area (Å²) in [5, 5.41) is 0. The van der Waals surface area contributed by atoms with Gasteiger partial charge < -0.3 is 0 Å². The Hall–Kier alpha value is -3.12. The van der Waals surface area contributed by atoms with E-state index in [-0.39, 0.29) is 5.41 Å². The summed E-state index contributed by atoms with van der Waals surface area (Å²) >= 11 is 0. The lowest BCUT2D eigenvalue weighted by atomic mass is 9.63. The molecule has 0 spiro atoms. The van der Waals surface area contributed by atoms with Crippen LogP contribution in [0.25, 0.3) is 0 Å². The van der Waals surface area contributed by atoms with E-state index in [1.807, 2.05) is 0 Å². The Morgan fingerprint density at radius 3 is 1.25 bits per heavy atom. The molecule has 4 aromatic carbocycles. The van der Waals surface area contributed by atoms with Gasteiger partial charge in [-0.3, -0.25) is 0 Å². The fourth-order valence-electron chi connectivity index (χ4n) is 5.79. The van der Waals surface area contributed by atoms with Crippen molar-refractivity contribution >= 4 is 0 Å². The number of aryl methyl sites for hydroxylation is 2. The molecule has 0 heterocycles. The molecule has 2 atom stereocenters. The van der Waals surface area contributed by atoms with Gasteiger partial charge in [0.1, 0.15) is 0 Å². The Morgan fingerprint density at radius 1 is 0.444 bits per heavy atom. The largest absolute Gasteiger partial charge is 0.0622 e. The first kappa shape index (κ1) is 26.0. The third-order valence-electron chi connectivity index (χ3n) is 8.24. The van der Waals surface area contributed by atoms with Crippen LogP contribution in [0.4, 0.5) is 0 Å². The van der Waals surface area contributed by atoms with Gasteiger partial charge >= 0.3 is 0 Å². The van der Waals surface area contributed by atoms with Crippen LogP contribution < -0.4 is 0 Å². The molecule has 0 saturated carbocycles. The van der Waals surface area contributed by atoms with Crippen molar-refractivity contribution in [2.75, 3.05) is 0 Å². The van der Waals surface area contributed by atoms with Gasteiger partial charge in [-0.25, -0.2) is 0 Å². The summed E-state index contributed by atoms with van der Waals surface area (Å²) in [5.74, 6) is 1.25. The van der Waals surface area contributed by atoms with Gasteiger partial charge in [-0.2, -0.15) is 0 Å². The number of benzene rings is 4. The van der Waals surface area contributed by atoms with Gasteiger partial charge in [0.25, 0.3) is 0 Å². The van der Waals surface area contributed by atoms with Gasteiger partial charge in [0.05, 0.1) is 0 Å². The molecule has 0 heteroatoms. The SMILES string of the molecule is CC(C)(C(CCCc1ccccc1)Cc1ccccc1)C(CCc1ccccc1)Cc1ccccc1. The smallest absolute Gasteiger partial charge is 0.0245 e. The molecule has 0 nitrogen and oxygen atoms in total. The van der Waals surface area contributed by atoms with E-state index in [4.69, 9.17) is 0 Å². The molecule has 0 aliphatic carbocycles. The lowest BCUT2D eigenvalue weighted by molar-refractivity contribution is 0.0964. The van der Waals surface area contributed by atoms with Crippen molar-refractivity contribution < 1.29 is 0 Å². The van der Waals surface area contributed by atoms with Gasteiger partial charge in [0, 0.05) is 0 Å². The minimum Gasteiger partial charge on any atom is -0.0622 e. The van der Waals surface area contributed by atoms with Crippen molar-refractivity contribution in [2.45, 2.75) is 58.8 Å². The van der Waals surface area contributed by atoms with Crippen LogP contribution in [-0.4, -0.2) is 0 Å². The molecule has 0 amide bonds. The molecule has 0 N–H and O–H groups in total. The van der Waals surface area contributed by atoms with E-state index in [2.05, 4.69) is 135 Å². The van der Waals surface area contributed by atoms with Crippen molar-refractivity contribution in [3.63, 3.8) is 0 Å². The molecular weight excluding hydrogens is 432 g/mol. The van der Waals surface area contributed by atoms with Crippen molar-refractivity contribution in [3.05, 3.63) is 144 Å². The second-order valence-corrected chi connectivity index (χ2v) is 11.0. The zero-order valence-electron chi connectivity index (χ0n) is 22.2. The molecule has 0 bridgehead atoms. The van der Waals surface area contributed by atoms with Gasteiger partial charge in [-0.05, 0) is 84.5 Å². The summed E-state index contributed by atoms with van der Waals surface area (Å²) in [4.78, 5) is 0. The lowest BCUT2D eigenvalue weighted by Crippen LogP contribution is -2.36. The first-order valence-corrected chi connectivity index (χ1v) is 13.8. The van der Waals surface area contributed by atoms with Crippen LogP contribution in [0, 0.1) is 17.3 Å². The first-order valence-electron chi connectivity index (χ1n) is 13.8. The zero-order valence-corrected chi connectivity index (χ0v) is 22.2. The van der Waals surface area contributed by atoms with Crippen LogP contribution in [-0.2, 0) is 25.7 Å². The molecule has 36 heavy (non-hydrogen) atoms. The van der Waals surface area contributed by atoms with Crippen LogP contribution >= 0.6 is 0 Å². The van der Waals surface area contributed by atoms with Crippen LogP contribution in [0.1, 0.15) is 55.4 Å². The summed E-state index contributed by atoms with van der Waals surface area (Å²) in [5.41, 5.74) is 6.06. The van der Waals surface area contributed by atoms with Crippen LogP contribution in [0.5, 0.6) is 0 Å². The van der Waals surface area contributed by atoms with E-state index in [0.29, 0.717) is 11.8 Å². The maximum Gasteiger partial charge on any atom is -0.0245 e. The summed E-state index contributed by atoms with van der Waals surface area (Å²) in [6.07, 6.45) is 8.31. The Labute approximate surface area is 219 Å². The molecule has 0 aliphatic rings. The van der Waals surface area contributed by atoms with Gasteiger partial charge in [-0.15, -0.1) is 0 Å². The predicted molar refractivity (Wildman–Crippen MR) is 155 cm³/mol. The molecule has 0 aliphatic heterocycles. The molecule has 186 valence electrons. The Morgan fingerprint density at radius 2 is 0.806 bits per heavy atom. The van der Waals surface area contributed by atoms with E-state index in [9.17, 15) is 0 Å². The molecule has 0 radical (unpaired) electrons. The van der Waals surface area contributed by atoms with E-state index in [1.165, 1.54) is 41.5 Å². The fourth-order valence-corrected chi connectivity index (χ4v) is 5.79. The standard InChI is InChI=1S/C36H42/c1-36(2,35(29-33-22-13-6-14-23-33)27-26-31-18-9-4-10-19-31)34(28-32-20-11-5-12-21-32)25-15-24-30-16-7-3-8-17-30/h3-14,16-23,34-35H,15,24-29H2,1-2H3. The van der Waals surface area contributed by atoms with Crippen molar-refractivity contribution in [1.29, 1.82) is 0 Å². The second-order valence-electron chi connectivity index (χ2n) is 11.0. The minimum absolute atomic E-state index is 0.219. The third kappa shape index (κ3) is 7.69. The highest BCUT2D eigenvalue weighted by molar-refractivity contribution is 5.20. The second kappa shape index (κ2) is 13.3. The number of rotatable bonds is 13. The van der Waals surface area contributed by atoms with E-state index < -0.39 is 0 Å². The van der Waals surface area contributed by atoms with Crippen LogP contribution in [0.3, 0.4) is 0 Å². The van der Waals surface area contributed by atoms with E-state index in [1.54, 1.807) is 0 Å². The van der Waals surface area contributed by atoms with Crippen molar-refractivity contribution in [2.24, 2.45) is 17.3 Å². The average molecular weight is 475 g/mol. The van der Waals surface area contributed by atoms with E-state index >= 15 is 0 Å². The van der Waals surface area contributed by atoms with E-state index in [0.717, 1.165) is 25.7 Å². The quantitative estimate of drug-likeness (QED) is 0.181. The predicted octanol–water partition coefficient (Wildman–Crippen LogP) is 9.39. The summed E-state index contributed by atoms with van der Waals surface area (Å²) in [7, 11) is 0. The molecule has 0 aromatic heterocycles. The van der Waals surface area contributed by atoms with Gasteiger partial charge in [0.15, 0.2) is 0 Å². The lowest BCUT2D eigenvalue weighted by Gasteiger charge is -2.42. The normalized spacial score (nSPS) is 13.3. The Bertz CT molecular complexity index is 1110. The third-order valence-corrected chi connectivity index (χ3v) is 8.24. The molecular formula is C36H42. The minimum atomic E-state index is 0.219. The summed E-state index contributed by atoms with van der Waals surface area (Å²) in [6.45, 7) is 5.11. The van der Waals surface area contributed by atoms with Crippen LogP contribution in [0.15, 0.2) is 121 Å². The fraction of sp³-hybridized carbons (Fsp3) is 0.333. The average Bonchev–Trinajstić information content (AvgIpc) is 2.92. The molecule has 4 rings (SSSR count). The highest BCUT2D eigenvalue weighted by Crippen LogP contribution is 2.44. The van der Waals surface area contributed by atoms with Gasteiger partial charge in [0.2, 0.25) is 0 Å². The Balaban J connectivity index is 1.55. The maximum atomic E-state index is 2.56. The zero-order chi connectivity index (χ0) is 25.1. The molecule has 4 aromatic rings. The number of hydrogen-bond donors (Lipinski definition) is 0. The summed E-state index contributed by atoms with van der Waals surface area (Å²) < 4.78 is 0. The molecule has 0 saturated heterocycles. The van der Waals surface area contributed by atoms with Crippen LogP contribution in [0.2, 0.25) is 0 Å². The molecule has 2 unspecified atom stereocenters. The highest BCUT2D eigenvalue weighted by atomic mass is 14.4. The summed E-state index contributed by atoms with van der Waals surface area (Å²) in [6, 6.07) is 44.3. The molecule has 0 fully saturated rings. The topological polar surface area (TPSA) is 0 Å².